The molecule has 0 fully saturated rings. The normalized spacial score (nSPS) is 10.6. The molecule has 4 aromatic rings. The summed E-state index contributed by atoms with van der Waals surface area (Å²) in [6.45, 7) is 0. The maximum absolute atomic E-state index is 12.7. The van der Waals surface area contributed by atoms with Gasteiger partial charge in [0.05, 0.1) is 5.69 Å². The van der Waals surface area contributed by atoms with Crippen molar-refractivity contribution in [1.82, 2.24) is 14.8 Å². The lowest BCUT2D eigenvalue weighted by atomic mass is 10.2. The summed E-state index contributed by atoms with van der Waals surface area (Å²) < 4.78 is 1.58. The molecule has 3 aromatic carbocycles. The number of carbonyl (C=O) groups is 1. The highest BCUT2D eigenvalue weighted by Crippen LogP contribution is 2.23. The summed E-state index contributed by atoms with van der Waals surface area (Å²) in [7, 11) is 0. The van der Waals surface area contributed by atoms with Gasteiger partial charge in [-0.15, -0.1) is 5.10 Å². The van der Waals surface area contributed by atoms with E-state index in [0.29, 0.717) is 22.9 Å². The monoisotopic (exact) mass is 371 g/mol. The molecule has 1 amide bonds. The van der Waals surface area contributed by atoms with Crippen molar-refractivity contribution in [3.63, 3.8) is 0 Å². The minimum Gasteiger partial charge on any atom is -0.508 e. The highest BCUT2D eigenvalue weighted by molar-refractivity contribution is 6.01. The van der Waals surface area contributed by atoms with Crippen molar-refractivity contribution in [2.45, 2.75) is 0 Å². The van der Waals surface area contributed by atoms with Gasteiger partial charge in [-0.3, -0.25) is 4.79 Å². The van der Waals surface area contributed by atoms with Gasteiger partial charge in [0.1, 0.15) is 5.75 Å². The zero-order valence-corrected chi connectivity index (χ0v) is 14.8. The number of nitrogens with one attached hydrogen (secondary N) is 1. The molecule has 0 saturated carbocycles. The second-order valence-corrected chi connectivity index (χ2v) is 6.13. The second kappa shape index (κ2) is 7.24. The highest BCUT2D eigenvalue weighted by atomic mass is 16.3. The third kappa shape index (κ3) is 3.54. The predicted octanol–water partition coefficient (Wildman–Crippen LogP) is 3.47. The zero-order chi connectivity index (χ0) is 19.5. The number of carbonyl (C=O) groups excluding carboxylic acids is 1. The Hall–Kier alpha value is -4.13. The zero-order valence-electron chi connectivity index (χ0n) is 14.8. The minimum atomic E-state index is -0.431. The van der Waals surface area contributed by atoms with Crippen LogP contribution in [0.3, 0.4) is 0 Å². The number of nitrogen functional groups attached to an aromatic ring is 1. The number of aromatic hydroxyl groups is 1. The molecule has 0 bridgehead atoms. The number of hydrogen-bond donors (Lipinski definition) is 3. The summed E-state index contributed by atoms with van der Waals surface area (Å²) in [4.78, 5) is 17.1. The molecule has 0 atom stereocenters. The summed E-state index contributed by atoms with van der Waals surface area (Å²) in [6.07, 6.45) is 0. The van der Waals surface area contributed by atoms with Crippen molar-refractivity contribution < 1.29 is 9.90 Å². The Bertz CT molecular complexity index is 1100. The van der Waals surface area contributed by atoms with E-state index in [1.807, 2.05) is 30.3 Å². The molecule has 0 saturated heterocycles. The first-order valence-corrected chi connectivity index (χ1v) is 8.59. The van der Waals surface area contributed by atoms with Gasteiger partial charge in [0.25, 0.3) is 5.91 Å². The molecule has 1 heterocycles. The van der Waals surface area contributed by atoms with Crippen molar-refractivity contribution in [2.75, 3.05) is 11.1 Å². The van der Waals surface area contributed by atoms with Crippen LogP contribution in [0.4, 0.5) is 11.4 Å². The molecule has 4 rings (SSSR count). The Morgan fingerprint density at radius 3 is 2.29 bits per heavy atom. The smallest absolute Gasteiger partial charge is 0.295 e. The molecular weight excluding hydrogens is 354 g/mol. The number of anilines is 2. The van der Waals surface area contributed by atoms with Gasteiger partial charge in [-0.05, 0) is 48.5 Å². The Labute approximate surface area is 161 Å². The van der Waals surface area contributed by atoms with Crippen LogP contribution in [0.15, 0.2) is 78.9 Å². The van der Waals surface area contributed by atoms with Gasteiger partial charge < -0.3 is 16.2 Å². The van der Waals surface area contributed by atoms with Gasteiger partial charge in [-0.25, -0.2) is 9.67 Å². The molecular formula is C21H17N5O2. The topological polar surface area (TPSA) is 106 Å². The van der Waals surface area contributed by atoms with Crippen LogP contribution in [0.1, 0.15) is 10.6 Å². The molecule has 7 nitrogen and oxygen atoms in total. The molecule has 0 aliphatic heterocycles. The lowest BCUT2D eigenvalue weighted by Gasteiger charge is -2.05. The van der Waals surface area contributed by atoms with Crippen LogP contribution in [0.5, 0.6) is 5.75 Å². The SMILES string of the molecule is Nc1ccc(NC(=O)c2nc(-c3ccccc3)n(-c3ccc(O)cc3)n2)cc1. The summed E-state index contributed by atoms with van der Waals surface area (Å²) in [5.41, 5.74) is 8.37. The summed E-state index contributed by atoms with van der Waals surface area (Å²) in [6, 6.07) is 22.8. The number of amides is 1. The number of phenolic OH excluding ortho intramolecular Hbond substituents is 1. The first-order chi connectivity index (χ1) is 13.6. The average molecular weight is 371 g/mol. The fourth-order valence-electron chi connectivity index (χ4n) is 2.71. The Morgan fingerprint density at radius 2 is 1.61 bits per heavy atom. The Balaban J connectivity index is 1.73. The molecule has 4 N–H and O–H groups in total. The molecule has 0 radical (unpaired) electrons. The lowest BCUT2D eigenvalue weighted by Crippen LogP contribution is -2.14. The first-order valence-electron chi connectivity index (χ1n) is 8.59. The van der Waals surface area contributed by atoms with E-state index >= 15 is 0 Å². The van der Waals surface area contributed by atoms with E-state index in [2.05, 4.69) is 15.4 Å². The van der Waals surface area contributed by atoms with Crippen LogP contribution in [-0.4, -0.2) is 25.8 Å². The van der Waals surface area contributed by atoms with E-state index in [-0.39, 0.29) is 11.6 Å². The van der Waals surface area contributed by atoms with Gasteiger partial charge >= 0.3 is 0 Å². The largest absolute Gasteiger partial charge is 0.508 e. The maximum Gasteiger partial charge on any atom is 0.295 e. The van der Waals surface area contributed by atoms with E-state index in [0.717, 1.165) is 5.56 Å². The highest BCUT2D eigenvalue weighted by Gasteiger charge is 2.19. The first kappa shape index (κ1) is 17.3. The Kier molecular flexibility index (Phi) is 4.47. The van der Waals surface area contributed by atoms with Gasteiger partial charge in [-0.2, -0.15) is 0 Å². The molecule has 1 aromatic heterocycles. The molecule has 0 aliphatic carbocycles. The number of hydrogen-bond acceptors (Lipinski definition) is 5. The number of benzene rings is 3. The number of rotatable bonds is 4. The second-order valence-electron chi connectivity index (χ2n) is 6.13. The third-order valence-corrected chi connectivity index (χ3v) is 4.11. The lowest BCUT2D eigenvalue weighted by molar-refractivity contribution is 0.101. The summed E-state index contributed by atoms with van der Waals surface area (Å²) in [5.74, 6) is 0.267. The number of phenols is 1. The molecule has 138 valence electrons. The minimum absolute atomic E-state index is 0.0313. The van der Waals surface area contributed by atoms with Gasteiger partial charge in [0, 0.05) is 16.9 Å². The molecule has 7 heteroatoms. The van der Waals surface area contributed by atoms with Gasteiger partial charge in [-0.1, -0.05) is 30.3 Å². The van der Waals surface area contributed by atoms with Crippen LogP contribution < -0.4 is 11.1 Å². The maximum atomic E-state index is 12.7. The van der Waals surface area contributed by atoms with Gasteiger partial charge in [0.2, 0.25) is 5.82 Å². The number of aromatic nitrogens is 3. The van der Waals surface area contributed by atoms with Crippen LogP contribution in [0.25, 0.3) is 17.1 Å². The van der Waals surface area contributed by atoms with Crippen molar-refractivity contribution in [3.8, 4) is 22.8 Å². The van der Waals surface area contributed by atoms with E-state index in [1.165, 1.54) is 0 Å². The number of nitrogens with two attached hydrogens (primary N) is 1. The van der Waals surface area contributed by atoms with Crippen molar-refractivity contribution in [3.05, 3.63) is 84.7 Å². The van der Waals surface area contributed by atoms with Crippen LogP contribution in [0.2, 0.25) is 0 Å². The Morgan fingerprint density at radius 1 is 0.929 bits per heavy atom. The molecule has 0 unspecified atom stereocenters. The fourth-order valence-corrected chi connectivity index (χ4v) is 2.71. The van der Waals surface area contributed by atoms with Crippen molar-refractivity contribution in [1.29, 1.82) is 0 Å². The van der Waals surface area contributed by atoms with Gasteiger partial charge in [0.15, 0.2) is 5.82 Å². The predicted molar refractivity (Wildman–Crippen MR) is 107 cm³/mol. The summed E-state index contributed by atoms with van der Waals surface area (Å²) in [5, 5.41) is 16.7. The molecule has 28 heavy (non-hydrogen) atoms. The van der Waals surface area contributed by atoms with E-state index in [9.17, 15) is 9.90 Å². The van der Waals surface area contributed by atoms with Crippen molar-refractivity contribution in [2.24, 2.45) is 0 Å². The van der Waals surface area contributed by atoms with Crippen LogP contribution in [-0.2, 0) is 0 Å². The van der Waals surface area contributed by atoms with Crippen LogP contribution in [0, 0.1) is 0 Å². The summed E-state index contributed by atoms with van der Waals surface area (Å²) >= 11 is 0. The average Bonchev–Trinajstić information content (AvgIpc) is 3.16. The number of nitrogens with zero attached hydrogens (tertiary/aromatic N) is 3. The van der Waals surface area contributed by atoms with E-state index in [1.54, 1.807) is 53.2 Å². The van der Waals surface area contributed by atoms with Crippen LogP contribution >= 0.6 is 0 Å². The quantitative estimate of drug-likeness (QED) is 0.476. The third-order valence-electron chi connectivity index (χ3n) is 4.11. The molecule has 0 aliphatic rings. The van der Waals surface area contributed by atoms with Crippen molar-refractivity contribution >= 4 is 17.3 Å². The van der Waals surface area contributed by atoms with E-state index < -0.39 is 5.91 Å². The molecule has 0 spiro atoms. The fraction of sp³-hybridized carbons (Fsp3) is 0. The van der Waals surface area contributed by atoms with E-state index in [4.69, 9.17) is 5.73 Å². The standard InChI is InChI=1S/C21H17N5O2/c22-15-6-8-16(9-7-15)23-21(28)19-24-20(14-4-2-1-3-5-14)26(25-19)17-10-12-18(27)13-11-17/h1-13,27H,22H2,(H,23,28).